The number of rotatable bonds is 4. The zero-order valence-electron chi connectivity index (χ0n) is 7.77. The van der Waals surface area contributed by atoms with Gasteiger partial charge in [0.15, 0.2) is 11.6 Å². The van der Waals surface area contributed by atoms with E-state index in [1.54, 1.807) is 0 Å². The van der Waals surface area contributed by atoms with E-state index in [1.165, 1.54) is 6.07 Å². The molecule has 80 valence electrons. The Morgan fingerprint density at radius 2 is 2.13 bits per heavy atom. The van der Waals surface area contributed by atoms with Gasteiger partial charge < -0.3 is 5.11 Å². The minimum atomic E-state index is -1.00. The highest BCUT2D eigenvalue weighted by molar-refractivity contribution is 5.19. The van der Waals surface area contributed by atoms with Crippen LogP contribution in [0.15, 0.2) is 23.3 Å². The minimum absolute atomic E-state index is 0.108. The zero-order chi connectivity index (χ0) is 11.3. The zero-order valence-corrected chi connectivity index (χ0v) is 7.77. The highest BCUT2D eigenvalue weighted by Gasteiger charge is 2.09. The third-order valence-corrected chi connectivity index (χ3v) is 1.89. The lowest BCUT2D eigenvalue weighted by Crippen LogP contribution is -2.00. The van der Waals surface area contributed by atoms with E-state index in [2.05, 4.69) is 10.0 Å². The molecule has 4 nitrogen and oxygen atoms in total. The summed E-state index contributed by atoms with van der Waals surface area (Å²) < 4.78 is 25.3. The van der Waals surface area contributed by atoms with Crippen LogP contribution in [0.5, 0.6) is 0 Å². The average Bonchev–Trinajstić information content (AvgIpc) is 2.22. The van der Waals surface area contributed by atoms with E-state index in [4.69, 9.17) is 5.53 Å². The van der Waals surface area contributed by atoms with E-state index < -0.39 is 17.7 Å². The lowest BCUT2D eigenvalue weighted by molar-refractivity contribution is 0.169. The number of aliphatic hydroxyl groups is 1. The summed E-state index contributed by atoms with van der Waals surface area (Å²) in [6, 6.07) is 3.16. The van der Waals surface area contributed by atoms with Gasteiger partial charge in [-0.25, -0.2) is 8.78 Å². The van der Waals surface area contributed by atoms with Crippen LogP contribution < -0.4 is 0 Å². The van der Waals surface area contributed by atoms with Gasteiger partial charge in [-0.2, -0.15) is 0 Å². The number of halogens is 2. The Morgan fingerprint density at radius 1 is 1.40 bits per heavy atom. The Balaban J connectivity index is 2.69. The maximum atomic E-state index is 12.8. The second-order valence-electron chi connectivity index (χ2n) is 2.93. The summed E-state index contributed by atoms with van der Waals surface area (Å²) in [4.78, 5) is 2.51. The summed E-state index contributed by atoms with van der Waals surface area (Å²) in [5.74, 6) is -1.96. The van der Waals surface area contributed by atoms with Gasteiger partial charge in [-0.3, -0.25) is 0 Å². The van der Waals surface area contributed by atoms with Gasteiger partial charge in [-0.15, -0.1) is 0 Å². The van der Waals surface area contributed by atoms with Crippen LogP contribution in [0.3, 0.4) is 0 Å². The van der Waals surface area contributed by atoms with Crippen molar-refractivity contribution < 1.29 is 13.9 Å². The minimum Gasteiger partial charge on any atom is -0.388 e. The summed E-state index contributed by atoms with van der Waals surface area (Å²) in [6.07, 6.45) is -0.777. The molecule has 1 N–H and O–H groups in total. The first-order valence-corrected chi connectivity index (χ1v) is 4.29. The normalized spacial score (nSPS) is 11.9. The van der Waals surface area contributed by atoms with Crippen molar-refractivity contribution in [1.29, 1.82) is 0 Å². The molecule has 15 heavy (non-hydrogen) atoms. The Labute approximate surface area is 84.8 Å². The molecule has 0 aliphatic carbocycles. The van der Waals surface area contributed by atoms with E-state index in [-0.39, 0.29) is 18.5 Å². The number of hydrogen-bond acceptors (Lipinski definition) is 2. The van der Waals surface area contributed by atoms with E-state index in [0.717, 1.165) is 12.1 Å². The molecule has 0 spiro atoms. The van der Waals surface area contributed by atoms with Crippen molar-refractivity contribution in [3.05, 3.63) is 45.8 Å². The maximum Gasteiger partial charge on any atom is 0.159 e. The summed E-state index contributed by atoms with van der Waals surface area (Å²) in [7, 11) is 0. The molecule has 6 heteroatoms. The molecule has 0 aliphatic rings. The van der Waals surface area contributed by atoms with Crippen LogP contribution in [0.1, 0.15) is 18.1 Å². The van der Waals surface area contributed by atoms with Gasteiger partial charge in [0.2, 0.25) is 0 Å². The summed E-state index contributed by atoms with van der Waals surface area (Å²) in [5.41, 5.74) is 8.26. The quantitative estimate of drug-likeness (QED) is 0.466. The predicted octanol–water partition coefficient (Wildman–Crippen LogP) is 2.70. The van der Waals surface area contributed by atoms with Crippen molar-refractivity contribution in [2.75, 3.05) is 6.54 Å². The molecule has 0 fully saturated rings. The standard InChI is InChI=1S/C9H9F2N3O/c10-7-2-1-6(5-8(7)11)9(15)3-4-13-14-12/h1-2,5,9,15H,3-4H2. The molecule has 1 aromatic carbocycles. The first kappa shape index (κ1) is 11.4. The van der Waals surface area contributed by atoms with Crippen LogP contribution in [0.25, 0.3) is 10.4 Å². The van der Waals surface area contributed by atoms with Gasteiger partial charge in [0.25, 0.3) is 0 Å². The SMILES string of the molecule is [N-]=[N+]=NCCC(O)c1ccc(F)c(F)c1. The number of azide groups is 1. The first-order chi connectivity index (χ1) is 7.15. The predicted molar refractivity (Wildman–Crippen MR) is 49.9 cm³/mol. The van der Waals surface area contributed by atoms with Gasteiger partial charge in [0.05, 0.1) is 6.10 Å². The fourth-order valence-electron chi connectivity index (χ4n) is 1.11. The molecule has 0 amide bonds. The molecule has 0 bridgehead atoms. The highest BCUT2D eigenvalue weighted by Crippen LogP contribution is 2.18. The molecule has 0 aliphatic heterocycles. The molecule has 1 unspecified atom stereocenters. The number of nitrogens with zero attached hydrogens (tertiary/aromatic N) is 3. The van der Waals surface area contributed by atoms with Crippen molar-refractivity contribution in [2.24, 2.45) is 5.11 Å². The van der Waals surface area contributed by atoms with Crippen LogP contribution in [0, 0.1) is 11.6 Å². The molecular formula is C9H9F2N3O. The highest BCUT2D eigenvalue weighted by atomic mass is 19.2. The molecule has 1 rings (SSSR count). The van der Waals surface area contributed by atoms with Gasteiger partial charge in [0.1, 0.15) is 0 Å². The first-order valence-electron chi connectivity index (χ1n) is 4.29. The number of benzene rings is 1. The summed E-state index contributed by atoms with van der Waals surface area (Å²) in [5, 5.41) is 12.7. The largest absolute Gasteiger partial charge is 0.388 e. The Morgan fingerprint density at radius 3 is 2.73 bits per heavy atom. The third-order valence-electron chi connectivity index (χ3n) is 1.89. The van der Waals surface area contributed by atoms with Crippen molar-refractivity contribution in [3.63, 3.8) is 0 Å². The summed E-state index contributed by atoms with van der Waals surface area (Å²) >= 11 is 0. The Kier molecular flexibility index (Phi) is 4.03. The van der Waals surface area contributed by atoms with Crippen molar-refractivity contribution in [3.8, 4) is 0 Å². The molecule has 0 saturated heterocycles. The molecule has 0 saturated carbocycles. The van der Waals surface area contributed by atoms with Gasteiger partial charge in [-0.05, 0) is 29.6 Å². The fourth-order valence-corrected chi connectivity index (χ4v) is 1.11. The number of hydrogen-bond donors (Lipinski definition) is 1. The van der Waals surface area contributed by atoms with Crippen LogP contribution >= 0.6 is 0 Å². The molecule has 1 aromatic rings. The Hall–Kier alpha value is -1.65. The Bertz CT molecular complexity index is 391. The van der Waals surface area contributed by atoms with Gasteiger partial charge in [-0.1, -0.05) is 11.2 Å². The van der Waals surface area contributed by atoms with Crippen molar-refractivity contribution in [2.45, 2.75) is 12.5 Å². The fraction of sp³-hybridized carbons (Fsp3) is 0.333. The van der Waals surface area contributed by atoms with Gasteiger partial charge in [0, 0.05) is 11.5 Å². The molecular weight excluding hydrogens is 204 g/mol. The van der Waals surface area contributed by atoms with Crippen molar-refractivity contribution in [1.82, 2.24) is 0 Å². The van der Waals surface area contributed by atoms with Crippen LogP contribution in [0.2, 0.25) is 0 Å². The van der Waals surface area contributed by atoms with Crippen LogP contribution in [-0.2, 0) is 0 Å². The van der Waals surface area contributed by atoms with Crippen molar-refractivity contribution >= 4 is 0 Å². The van der Waals surface area contributed by atoms with E-state index in [9.17, 15) is 13.9 Å². The monoisotopic (exact) mass is 213 g/mol. The lowest BCUT2D eigenvalue weighted by Gasteiger charge is -2.09. The average molecular weight is 213 g/mol. The third kappa shape index (κ3) is 3.19. The molecule has 0 radical (unpaired) electrons. The maximum absolute atomic E-state index is 12.8. The lowest BCUT2D eigenvalue weighted by atomic mass is 10.1. The molecule has 1 atom stereocenters. The number of aliphatic hydroxyl groups excluding tert-OH is 1. The topological polar surface area (TPSA) is 69.0 Å². The summed E-state index contributed by atoms with van der Waals surface area (Å²) in [6.45, 7) is 0.108. The van der Waals surface area contributed by atoms with E-state index in [1.807, 2.05) is 0 Å². The second-order valence-corrected chi connectivity index (χ2v) is 2.93. The van der Waals surface area contributed by atoms with E-state index in [0.29, 0.717) is 0 Å². The molecule has 0 aromatic heterocycles. The smallest absolute Gasteiger partial charge is 0.159 e. The van der Waals surface area contributed by atoms with E-state index >= 15 is 0 Å². The van der Waals surface area contributed by atoms with Crippen LogP contribution in [0.4, 0.5) is 8.78 Å². The van der Waals surface area contributed by atoms with Gasteiger partial charge >= 0.3 is 0 Å². The van der Waals surface area contributed by atoms with Crippen LogP contribution in [-0.4, -0.2) is 11.7 Å². The second kappa shape index (κ2) is 5.29. The molecule has 0 heterocycles.